The number of aliphatic hydroxyl groups excluding tert-OH is 1. The zero-order valence-corrected chi connectivity index (χ0v) is 12.0. The van der Waals surface area contributed by atoms with Crippen LogP contribution in [0.1, 0.15) is 51.4 Å². The van der Waals surface area contributed by atoms with E-state index in [1.807, 2.05) is 0 Å². The van der Waals surface area contributed by atoms with Crippen molar-refractivity contribution in [1.82, 2.24) is 0 Å². The fourth-order valence-corrected chi connectivity index (χ4v) is 2.24. The minimum Gasteiger partial charge on any atom is -0.393 e. The first kappa shape index (κ1) is 14.9. The second-order valence-electron chi connectivity index (χ2n) is 3.73. The van der Waals surface area contributed by atoms with Crippen LogP contribution in [-0.2, 0) is 0 Å². The van der Waals surface area contributed by atoms with Crippen LogP contribution in [0, 0.1) is 0 Å². The molecule has 0 bridgehead atoms. The smallest absolute Gasteiger partial charge is 0.0540 e. The molecule has 0 aliphatic carbocycles. The van der Waals surface area contributed by atoms with Gasteiger partial charge in [0.05, 0.1) is 6.10 Å². The van der Waals surface area contributed by atoms with E-state index in [1.54, 1.807) is 0 Å². The second-order valence-corrected chi connectivity index (χ2v) is 5.32. The molecule has 0 saturated carbocycles. The van der Waals surface area contributed by atoms with Crippen LogP contribution in [0.5, 0.6) is 0 Å². The fourth-order valence-electron chi connectivity index (χ4n) is 1.45. The van der Waals surface area contributed by atoms with Crippen LogP contribution < -0.4 is 0 Å². The third kappa shape index (κ3) is 11.0. The normalized spacial score (nSPS) is 11.1. The van der Waals surface area contributed by atoms with Gasteiger partial charge in [0, 0.05) is 10.7 Å². The minimum absolute atomic E-state index is 0.0550. The van der Waals surface area contributed by atoms with Crippen molar-refractivity contribution < 1.29 is 5.11 Å². The molecule has 0 aromatic rings. The third-order valence-corrected chi connectivity index (χ3v) is 3.46. The van der Waals surface area contributed by atoms with Gasteiger partial charge in [-0.2, -0.15) is 0 Å². The maximum absolute atomic E-state index is 9.62. The van der Waals surface area contributed by atoms with Crippen molar-refractivity contribution in [2.75, 3.05) is 10.7 Å². The highest BCUT2D eigenvalue weighted by Crippen LogP contribution is 2.11. The van der Waals surface area contributed by atoms with E-state index in [2.05, 4.69) is 31.9 Å². The van der Waals surface area contributed by atoms with Crippen LogP contribution in [0.4, 0.5) is 0 Å². The summed E-state index contributed by atoms with van der Waals surface area (Å²) >= 11 is 6.82. The molecule has 0 atom stereocenters. The van der Waals surface area contributed by atoms with E-state index in [9.17, 15) is 5.11 Å². The van der Waals surface area contributed by atoms with Gasteiger partial charge in [0.25, 0.3) is 0 Å². The van der Waals surface area contributed by atoms with Gasteiger partial charge in [-0.05, 0) is 25.7 Å². The van der Waals surface area contributed by atoms with Crippen molar-refractivity contribution in [3.8, 4) is 0 Å². The van der Waals surface area contributed by atoms with Crippen LogP contribution in [0.25, 0.3) is 0 Å². The Kier molecular flexibility index (Phi) is 12.8. The molecule has 0 spiro atoms. The minimum atomic E-state index is -0.0550. The largest absolute Gasteiger partial charge is 0.393 e. The number of aliphatic hydroxyl groups is 1. The Hall–Kier alpha value is 0.920. The quantitative estimate of drug-likeness (QED) is 0.469. The van der Waals surface area contributed by atoms with E-state index in [1.165, 1.54) is 38.5 Å². The second kappa shape index (κ2) is 12.0. The van der Waals surface area contributed by atoms with Gasteiger partial charge in [0.2, 0.25) is 0 Å². The molecule has 0 amide bonds. The summed E-state index contributed by atoms with van der Waals surface area (Å²) in [5.41, 5.74) is 0. The topological polar surface area (TPSA) is 20.2 Å². The van der Waals surface area contributed by atoms with Gasteiger partial charge < -0.3 is 5.11 Å². The molecule has 0 aromatic carbocycles. The highest BCUT2D eigenvalue weighted by Gasteiger charge is 2.02. The standard InChI is InChI=1S/C11H22Br2O/c12-9-5-1-3-7-11(14)8-4-2-6-10-13/h11,14H,1-10H2. The van der Waals surface area contributed by atoms with Crippen LogP contribution >= 0.6 is 31.9 Å². The molecule has 0 heterocycles. The van der Waals surface area contributed by atoms with Crippen molar-refractivity contribution in [2.24, 2.45) is 0 Å². The van der Waals surface area contributed by atoms with Crippen molar-refractivity contribution >= 4 is 31.9 Å². The molecule has 1 N–H and O–H groups in total. The summed E-state index contributed by atoms with van der Waals surface area (Å²) in [6.45, 7) is 0. The molecule has 0 aromatic heterocycles. The SMILES string of the molecule is OC(CCCCCBr)CCCCCBr. The molecule has 86 valence electrons. The van der Waals surface area contributed by atoms with E-state index >= 15 is 0 Å². The van der Waals surface area contributed by atoms with Gasteiger partial charge in [0.15, 0.2) is 0 Å². The molecular formula is C11H22Br2O. The fraction of sp³-hybridized carbons (Fsp3) is 1.00. The average molecular weight is 330 g/mol. The summed E-state index contributed by atoms with van der Waals surface area (Å²) in [6.07, 6.45) is 9.21. The third-order valence-electron chi connectivity index (χ3n) is 2.34. The lowest BCUT2D eigenvalue weighted by Gasteiger charge is -2.09. The lowest BCUT2D eigenvalue weighted by atomic mass is 10.0. The first-order chi connectivity index (χ1) is 6.81. The molecule has 0 aliphatic rings. The van der Waals surface area contributed by atoms with Crippen LogP contribution in [0.2, 0.25) is 0 Å². The number of hydrogen-bond donors (Lipinski definition) is 1. The Morgan fingerprint density at radius 1 is 0.714 bits per heavy atom. The first-order valence-electron chi connectivity index (χ1n) is 5.61. The zero-order valence-electron chi connectivity index (χ0n) is 8.85. The van der Waals surface area contributed by atoms with Crippen LogP contribution in [0.15, 0.2) is 0 Å². The maximum Gasteiger partial charge on any atom is 0.0540 e. The van der Waals surface area contributed by atoms with Gasteiger partial charge in [-0.15, -0.1) is 0 Å². The highest BCUT2D eigenvalue weighted by atomic mass is 79.9. The molecular weight excluding hydrogens is 308 g/mol. The first-order valence-corrected chi connectivity index (χ1v) is 7.85. The predicted octanol–water partition coefficient (Wildman–Crippen LogP) is 4.26. The monoisotopic (exact) mass is 328 g/mol. The summed E-state index contributed by atoms with van der Waals surface area (Å²) < 4.78 is 0. The summed E-state index contributed by atoms with van der Waals surface area (Å²) in [7, 11) is 0. The Balaban J connectivity index is 3.07. The highest BCUT2D eigenvalue weighted by molar-refractivity contribution is 9.09. The predicted molar refractivity (Wildman–Crippen MR) is 70.5 cm³/mol. The summed E-state index contributed by atoms with van der Waals surface area (Å²) in [4.78, 5) is 0. The Labute approximate surface area is 105 Å². The number of rotatable bonds is 10. The molecule has 0 unspecified atom stereocenters. The maximum atomic E-state index is 9.62. The number of hydrogen-bond acceptors (Lipinski definition) is 1. The van der Waals surface area contributed by atoms with Gasteiger partial charge in [-0.1, -0.05) is 57.5 Å². The van der Waals surface area contributed by atoms with Crippen molar-refractivity contribution in [1.29, 1.82) is 0 Å². The Morgan fingerprint density at radius 2 is 1.14 bits per heavy atom. The molecule has 1 nitrogen and oxygen atoms in total. The van der Waals surface area contributed by atoms with Gasteiger partial charge in [-0.25, -0.2) is 0 Å². The van der Waals surface area contributed by atoms with Crippen molar-refractivity contribution in [2.45, 2.75) is 57.5 Å². The molecule has 14 heavy (non-hydrogen) atoms. The number of halogens is 2. The molecule has 3 heteroatoms. The van der Waals surface area contributed by atoms with E-state index in [-0.39, 0.29) is 6.10 Å². The number of unbranched alkanes of at least 4 members (excludes halogenated alkanes) is 4. The average Bonchev–Trinajstić information content (AvgIpc) is 2.19. The van der Waals surface area contributed by atoms with E-state index in [0.29, 0.717) is 0 Å². The summed E-state index contributed by atoms with van der Waals surface area (Å²) in [5, 5.41) is 11.8. The molecule has 0 radical (unpaired) electrons. The summed E-state index contributed by atoms with van der Waals surface area (Å²) in [5.74, 6) is 0. The van der Waals surface area contributed by atoms with Gasteiger partial charge >= 0.3 is 0 Å². The van der Waals surface area contributed by atoms with Gasteiger partial charge in [-0.3, -0.25) is 0 Å². The molecule has 0 rings (SSSR count). The zero-order chi connectivity index (χ0) is 10.6. The van der Waals surface area contributed by atoms with Crippen LogP contribution in [0.3, 0.4) is 0 Å². The van der Waals surface area contributed by atoms with E-state index in [4.69, 9.17) is 0 Å². The lowest BCUT2D eigenvalue weighted by Crippen LogP contribution is -2.05. The van der Waals surface area contributed by atoms with Crippen molar-refractivity contribution in [3.05, 3.63) is 0 Å². The van der Waals surface area contributed by atoms with Crippen molar-refractivity contribution in [3.63, 3.8) is 0 Å². The van der Waals surface area contributed by atoms with E-state index < -0.39 is 0 Å². The Bertz CT molecular complexity index is 97.5. The summed E-state index contributed by atoms with van der Waals surface area (Å²) in [6, 6.07) is 0. The molecule has 0 saturated heterocycles. The Morgan fingerprint density at radius 3 is 1.50 bits per heavy atom. The number of alkyl halides is 2. The molecule has 0 fully saturated rings. The van der Waals surface area contributed by atoms with Crippen LogP contribution in [-0.4, -0.2) is 21.9 Å². The van der Waals surface area contributed by atoms with E-state index in [0.717, 1.165) is 23.5 Å². The molecule has 0 aliphatic heterocycles. The lowest BCUT2D eigenvalue weighted by molar-refractivity contribution is 0.147. The van der Waals surface area contributed by atoms with Gasteiger partial charge in [0.1, 0.15) is 0 Å².